The van der Waals surface area contributed by atoms with Gasteiger partial charge in [0.15, 0.2) is 0 Å². The summed E-state index contributed by atoms with van der Waals surface area (Å²) in [6.07, 6.45) is -0.0540. The lowest BCUT2D eigenvalue weighted by molar-refractivity contribution is -0.384. The minimum atomic E-state index is -0.612. The third-order valence-corrected chi connectivity index (χ3v) is 3.57. The van der Waals surface area contributed by atoms with E-state index in [1.807, 2.05) is 0 Å². The summed E-state index contributed by atoms with van der Waals surface area (Å²) >= 11 is 11.7. The fraction of sp³-hybridized carbons (Fsp3) is 0.0667. The van der Waals surface area contributed by atoms with E-state index in [2.05, 4.69) is 10.9 Å². The molecule has 9 heteroatoms. The van der Waals surface area contributed by atoms with E-state index < -0.39 is 16.7 Å². The van der Waals surface area contributed by atoms with E-state index in [1.54, 1.807) is 0 Å². The van der Waals surface area contributed by atoms with E-state index in [4.69, 9.17) is 23.2 Å². The minimum absolute atomic E-state index is 0.0540. The molecule has 0 radical (unpaired) electrons. The molecule has 7 nitrogen and oxygen atoms in total. The van der Waals surface area contributed by atoms with Gasteiger partial charge in [-0.05, 0) is 23.8 Å². The molecule has 0 saturated carbocycles. The van der Waals surface area contributed by atoms with Gasteiger partial charge in [0.2, 0.25) is 5.91 Å². The molecule has 0 saturated heterocycles. The molecule has 0 aliphatic rings. The molecule has 0 fully saturated rings. The standard InChI is InChI=1S/C15H11Cl2N3O4/c16-10-3-6-13(17)12(8-10)15(22)19-18-14(21)7-9-1-4-11(5-2-9)20(23)24/h1-6,8H,7H2,(H,18,21)(H,19,22). The molecule has 0 spiro atoms. The number of nitrogens with one attached hydrogen (secondary N) is 2. The monoisotopic (exact) mass is 367 g/mol. The first kappa shape index (κ1) is 17.7. The highest BCUT2D eigenvalue weighted by atomic mass is 35.5. The highest BCUT2D eigenvalue weighted by Crippen LogP contribution is 2.20. The van der Waals surface area contributed by atoms with E-state index in [9.17, 15) is 19.7 Å². The summed E-state index contributed by atoms with van der Waals surface area (Å²) < 4.78 is 0. The Hall–Kier alpha value is -2.64. The number of halogens is 2. The number of carbonyl (C=O) groups excluding carboxylic acids is 2. The van der Waals surface area contributed by atoms with Gasteiger partial charge in [0.1, 0.15) is 0 Å². The summed E-state index contributed by atoms with van der Waals surface area (Å²) in [5.41, 5.74) is 5.09. The van der Waals surface area contributed by atoms with Crippen LogP contribution in [0.5, 0.6) is 0 Å². The minimum Gasteiger partial charge on any atom is -0.273 e. The average Bonchev–Trinajstić information content (AvgIpc) is 2.55. The number of rotatable bonds is 4. The number of nitrogens with zero attached hydrogens (tertiary/aromatic N) is 1. The number of non-ortho nitro benzene ring substituents is 1. The van der Waals surface area contributed by atoms with Crippen LogP contribution in [0.15, 0.2) is 42.5 Å². The van der Waals surface area contributed by atoms with Gasteiger partial charge in [-0.2, -0.15) is 0 Å². The molecule has 0 aliphatic carbocycles. The molecule has 124 valence electrons. The predicted octanol–water partition coefficient (Wildman–Crippen LogP) is 2.91. The average molecular weight is 368 g/mol. The molecule has 2 aromatic rings. The molecular weight excluding hydrogens is 357 g/mol. The highest BCUT2D eigenvalue weighted by molar-refractivity contribution is 6.35. The smallest absolute Gasteiger partial charge is 0.271 e. The Bertz CT molecular complexity index is 794. The van der Waals surface area contributed by atoms with Gasteiger partial charge in [-0.25, -0.2) is 0 Å². The van der Waals surface area contributed by atoms with Crippen molar-refractivity contribution in [1.82, 2.24) is 10.9 Å². The quantitative estimate of drug-likeness (QED) is 0.640. The third kappa shape index (κ3) is 4.68. The summed E-state index contributed by atoms with van der Waals surface area (Å²) in [5, 5.41) is 11.1. The third-order valence-electron chi connectivity index (χ3n) is 3.00. The maximum absolute atomic E-state index is 12.0. The number of hydrogen-bond acceptors (Lipinski definition) is 4. The van der Waals surface area contributed by atoms with Crippen LogP contribution in [0.1, 0.15) is 15.9 Å². The van der Waals surface area contributed by atoms with Crippen molar-refractivity contribution in [2.45, 2.75) is 6.42 Å². The maximum atomic E-state index is 12.0. The van der Waals surface area contributed by atoms with Gasteiger partial charge in [-0.3, -0.25) is 30.6 Å². The van der Waals surface area contributed by atoms with E-state index in [0.29, 0.717) is 10.6 Å². The van der Waals surface area contributed by atoms with E-state index >= 15 is 0 Å². The second-order valence-electron chi connectivity index (χ2n) is 4.73. The highest BCUT2D eigenvalue weighted by Gasteiger charge is 2.12. The zero-order chi connectivity index (χ0) is 17.7. The number of amides is 2. The number of nitro groups is 1. The maximum Gasteiger partial charge on any atom is 0.271 e. The summed E-state index contributed by atoms with van der Waals surface area (Å²) in [7, 11) is 0. The molecule has 2 amide bonds. The first-order valence-corrected chi connectivity index (χ1v) is 7.40. The van der Waals surface area contributed by atoms with Gasteiger partial charge in [0, 0.05) is 17.2 Å². The molecule has 0 heterocycles. The first-order valence-electron chi connectivity index (χ1n) is 6.64. The SMILES string of the molecule is O=C(Cc1ccc([N+](=O)[O-])cc1)NNC(=O)c1cc(Cl)ccc1Cl. The number of nitro benzene ring substituents is 1. The molecule has 0 unspecified atom stereocenters. The van der Waals surface area contributed by atoms with Crippen molar-refractivity contribution in [1.29, 1.82) is 0 Å². The van der Waals surface area contributed by atoms with Gasteiger partial charge in [-0.1, -0.05) is 35.3 Å². The van der Waals surface area contributed by atoms with Crippen molar-refractivity contribution < 1.29 is 14.5 Å². The number of benzene rings is 2. The first-order chi connectivity index (χ1) is 11.4. The van der Waals surface area contributed by atoms with Crippen LogP contribution in [0.4, 0.5) is 5.69 Å². The Morgan fingerprint density at radius 2 is 1.71 bits per heavy atom. The fourth-order valence-electron chi connectivity index (χ4n) is 1.83. The molecular formula is C15H11Cl2N3O4. The van der Waals surface area contributed by atoms with E-state index in [0.717, 1.165) is 0 Å². The van der Waals surface area contributed by atoms with Crippen LogP contribution in [0.25, 0.3) is 0 Å². The van der Waals surface area contributed by atoms with Crippen LogP contribution >= 0.6 is 23.2 Å². The van der Waals surface area contributed by atoms with Crippen molar-refractivity contribution in [3.8, 4) is 0 Å². The lowest BCUT2D eigenvalue weighted by Crippen LogP contribution is -2.42. The summed E-state index contributed by atoms with van der Waals surface area (Å²) in [6.45, 7) is 0. The number of carbonyl (C=O) groups is 2. The molecule has 0 bridgehead atoms. The zero-order valence-electron chi connectivity index (χ0n) is 12.1. The zero-order valence-corrected chi connectivity index (χ0v) is 13.6. The predicted molar refractivity (Wildman–Crippen MR) is 88.9 cm³/mol. The summed E-state index contributed by atoms with van der Waals surface area (Å²) in [5.74, 6) is -1.10. The molecule has 0 atom stereocenters. The van der Waals surface area contributed by atoms with Gasteiger partial charge >= 0.3 is 0 Å². The Morgan fingerprint density at radius 1 is 1.04 bits per heavy atom. The topological polar surface area (TPSA) is 101 Å². The number of hydrazine groups is 1. The van der Waals surface area contributed by atoms with Crippen LogP contribution in [-0.4, -0.2) is 16.7 Å². The molecule has 0 aromatic heterocycles. The molecule has 24 heavy (non-hydrogen) atoms. The van der Waals surface area contributed by atoms with Gasteiger partial charge in [-0.15, -0.1) is 0 Å². The van der Waals surface area contributed by atoms with Gasteiger partial charge < -0.3 is 0 Å². The Kier molecular flexibility index (Phi) is 5.73. The van der Waals surface area contributed by atoms with Crippen molar-refractivity contribution in [2.75, 3.05) is 0 Å². The second-order valence-corrected chi connectivity index (χ2v) is 5.57. The lowest BCUT2D eigenvalue weighted by Gasteiger charge is -2.09. The molecule has 2 aromatic carbocycles. The largest absolute Gasteiger partial charge is 0.273 e. The van der Waals surface area contributed by atoms with E-state index in [-0.39, 0.29) is 22.7 Å². The van der Waals surface area contributed by atoms with Crippen molar-refractivity contribution in [2.24, 2.45) is 0 Å². The van der Waals surface area contributed by atoms with Crippen molar-refractivity contribution >= 4 is 40.7 Å². The summed E-state index contributed by atoms with van der Waals surface area (Å²) in [4.78, 5) is 33.8. The van der Waals surface area contributed by atoms with Crippen LogP contribution in [-0.2, 0) is 11.2 Å². The summed E-state index contributed by atoms with van der Waals surface area (Å²) in [6, 6.07) is 9.91. The number of hydrogen-bond donors (Lipinski definition) is 2. The van der Waals surface area contributed by atoms with Crippen molar-refractivity contribution in [3.63, 3.8) is 0 Å². The molecule has 0 aliphatic heterocycles. The molecule has 2 N–H and O–H groups in total. The van der Waals surface area contributed by atoms with E-state index in [1.165, 1.54) is 42.5 Å². The normalized spacial score (nSPS) is 10.1. The van der Waals surface area contributed by atoms with Gasteiger partial charge in [0.05, 0.1) is 21.9 Å². The van der Waals surface area contributed by atoms with Gasteiger partial charge in [0.25, 0.3) is 11.6 Å². The van der Waals surface area contributed by atoms with Crippen LogP contribution < -0.4 is 10.9 Å². The Labute approximate surface area is 146 Å². The molecule has 2 rings (SSSR count). The lowest BCUT2D eigenvalue weighted by atomic mass is 10.1. The Morgan fingerprint density at radius 3 is 2.33 bits per heavy atom. The van der Waals surface area contributed by atoms with Crippen molar-refractivity contribution in [3.05, 3.63) is 73.8 Å². The fourth-order valence-corrected chi connectivity index (χ4v) is 2.21. The second kappa shape index (κ2) is 7.76. The van der Waals surface area contributed by atoms with Crippen LogP contribution in [0.3, 0.4) is 0 Å². The van der Waals surface area contributed by atoms with Crippen LogP contribution in [0.2, 0.25) is 10.0 Å². The Balaban J connectivity index is 1.92. The van der Waals surface area contributed by atoms with Crippen LogP contribution in [0, 0.1) is 10.1 Å².